The first-order chi connectivity index (χ1) is 8.06. The van der Waals surface area contributed by atoms with E-state index in [2.05, 4.69) is 0 Å². The predicted molar refractivity (Wildman–Crippen MR) is 69.7 cm³/mol. The van der Waals surface area contributed by atoms with Crippen molar-refractivity contribution in [3.8, 4) is 17.2 Å². The molecule has 0 atom stereocenters. The van der Waals surface area contributed by atoms with Crippen LogP contribution in [0.25, 0.3) is 0 Å². The maximum absolute atomic E-state index is 9.62. The van der Waals surface area contributed by atoms with Crippen molar-refractivity contribution in [2.75, 3.05) is 0 Å². The quantitative estimate of drug-likeness (QED) is 0.856. The number of rotatable bonds is 2. The molecule has 0 saturated carbocycles. The van der Waals surface area contributed by atoms with Gasteiger partial charge in [-0.2, -0.15) is 0 Å². The summed E-state index contributed by atoms with van der Waals surface area (Å²) in [5.74, 6) is 0.635. The molecule has 1 N–H and O–H groups in total. The Bertz CT molecular complexity index is 512. The third-order valence-corrected chi connectivity index (χ3v) is 2.80. The Morgan fingerprint density at radius 1 is 0.833 bits per heavy atom. The number of hydrogen-bond donors (Lipinski definition) is 1. The number of ether oxygens (including phenoxy) is 1. The monoisotopic (exact) mass is 327 g/mol. The van der Waals surface area contributed by atoms with Crippen LogP contribution in [0.5, 0.6) is 17.2 Å². The molecule has 0 aliphatic carbocycles. The number of phenols is 1. The molecule has 2 nitrogen and oxygen atoms in total. The first-order valence-corrected chi connectivity index (χ1v) is 5.81. The Labute approximate surface area is 162 Å². The van der Waals surface area contributed by atoms with E-state index in [0.29, 0.717) is 20.8 Å². The standard InChI is InChI=1S/C12H7Cl3O2.K/c13-7-1-3-11(9(15)5-7)17-12-4-2-8(14)6-10(12)16;/h1-6,16H;/q;+1. The van der Waals surface area contributed by atoms with Crippen molar-refractivity contribution in [2.24, 2.45) is 0 Å². The zero-order valence-electron chi connectivity index (χ0n) is 9.45. The van der Waals surface area contributed by atoms with Gasteiger partial charge in [0, 0.05) is 16.1 Å². The summed E-state index contributed by atoms with van der Waals surface area (Å²) in [7, 11) is 0. The smallest absolute Gasteiger partial charge is 0.504 e. The van der Waals surface area contributed by atoms with Gasteiger partial charge in [0.1, 0.15) is 5.75 Å². The van der Waals surface area contributed by atoms with Crippen LogP contribution in [0.4, 0.5) is 0 Å². The Hall–Kier alpha value is 0.546. The van der Waals surface area contributed by atoms with Crippen LogP contribution < -0.4 is 56.1 Å². The summed E-state index contributed by atoms with van der Waals surface area (Å²) in [6, 6.07) is 9.39. The molecule has 0 saturated heterocycles. The first kappa shape index (κ1) is 16.6. The van der Waals surface area contributed by atoms with Crippen LogP contribution in [-0.2, 0) is 0 Å². The molecule has 0 amide bonds. The zero-order valence-corrected chi connectivity index (χ0v) is 14.8. The van der Waals surface area contributed by atoms with Crippen LogP contribution in [0, 0.1) is 0 Å². The van der Waals surface area contributed by atoms with Crippen molar-refractivity contribution in [3.05, 3.63) is 51.5 Å². The molecule has 18 heavy (non-hydrogen) atoms. The molecule has 0 aromatic heterocycles. The molecule has 0 aliphatic rings. The van der Waals surface area contributed by atoms with Crippen molar-refractivity contribution in [1.29, 1.82) is 0 Å². The molecule has 88 valence electrons. The van der Waals surface area contributed by atoms with Crippen molar-refractivity contribution >= 4 is 34.8 Å². The van der Waals surface area contributed by atoms with Crippen molar-refractivity contribution < 1.29 is 61.2 Å². The minimum absolute atomic E-state index is 0. The van der Waals surface area contributed by atoms with Crippen LogP contribution in [0.1, 0.15) is 0 Å². The average Bonchev–Trinajstić information content (AvgIpc) is 2.25. The fourth-order valence-corrected chi connectivity index (χ4v) is 1.87. The second-order valence-electron chi connectivity index (χ2n) is 3.29. The van der Waals surface area contributed by atoms with E-state index in [-0.39, 0.29) is 62.9 Å². The van der Waals surface area contributed by atoms with Crippen LogP contribution >= 0.6 is 34.8 Å². The molecule has 6 heteroatoms. The van der Waals surface area contributed by atoms with E-state index in [9.17, 15) is 5.11 Å². The summed E-state index contributed by atoms with van der Waals surface area (Å²) in [6.07, 6.45) is 0. The molecule has 2 rings (SSSR count). The van der Waals surface area contributed by atoms with Crippen LogP contribution in [-0.4, -0.2) is 5.11 Å². The third kappa shape index (κ3) is 4.29. The maximum atomic E-state index is 9.62. The first-order valence-electron chi connectivity index (χ1n) is 4.67. The summed E-state index contributed by atoms with van der Waals surface area (Å²) in [6.45, 7) is 0. The van der Waals surface area contributed by atoms with Crippen molar-refractivity contribution in [2.45, 2.75) is 0 Å². The van der Waals surface area contributed by atoms with Gasteiger partial charge in [-0.15, -0.1) is 0 Å². The van der Waals surface area contributed by atoms with E-state index in [1.54, 1.807) is 30.3 Å². The second-order valence-corrected chi connectivity index (χ2v) is 4.57. The van der Waals surface area contributed by atoms with Crippen LogP contribution in [0.3, 0.4) is 0 Å². The Morgan fingerprint density at radius 3 is 1.94 bits per heavy atom. The Balaban J connectivity index is 0.00000162. The van der Waals surface area contributed by atoms with Gasteiger partial charge in [-0.05, 0) is 30.3 Å². The van der Waals surface area contributed by atoms with Gasteiger partial charge in [0.25, 0.3) is 0 Å². The Kier molecular flexibility index (Phi) is 6.79. The van der Waals surface area contributed by atoms with Crippen LogP contribution in [0.2, 0.25) is 15.1 Å². The number of benzene rings is 2. The largest absolute Gasteiger partial charge is 1.00 e. The van der Waals surface area contributed by atoms with E-state index < -0.39 is 0 Å². The fraction of sp³-hybridized carbons (Fsp3) is 0. The molecule has 0 aliphatic heterocycles. The normalized spacial score (nSPS) is 9.72. The van der Waals surface area contributed by atoms with E-state index >= 15 is 0 Å². The van der Waals surface area contributed by atoms with Gasteiger partial charge in [0.05, 0.1) is 5.02 Å². The summed E-state index contributed by atoms with van der Waals surface area (Å²) in [5.41, 5.74) is 0. The minimum atomic E-state index is -0.0523. The van der Waals surface area contributed by atoms with E-state index in [1.165, 1.54) is 6.07 Å². The molecular weight excluding hydrogens is 322 g/mol. The number of phenolic OH excluding ortho intramolecular Hbond substituents is 1. The summed E-state index contributed by atoms with van der Waals surface area (Å²) in [4.78, 5) is 0. The molecule has 2 aromatic rings. The second kappa shape index (κ2) is 7.36. The molecular formula is C12H7Cl3KO2+. The Morgan fingerprint density at radius 2 is 1.39 bits per heavy atom. The molecule has 0 spiro atoms. The number of aromatic hydroxyl groups is 1. The predicted octanol–water partition coefficient (Wildman–Crippen LogP) is 2.15. The van der Waals surface area contributed by atoms with Crippen molar-refractivity contribution in [3.63, 3.8) is 0 Å². The molecule has 0 radical (unpaired) electrons. The summed E-state index contributed by atoms with van der Waals surface area (Å²) >= 11 is 17.4. The van der Waals surface area contributed by atoms with E-state index in [4.69, 9.17) is 39.5 Å². The van der Waals surface area contributed by atoms with E-state index in [1.807, 2.05) is 0 Å². The summed E-state index contributed by atoms with van der Waals surface area (Å²) < 4.78 is 5.45. The SMILES string of the molecule is Oc1cc(Cl)ccc1Oc1ccc(Cl)cc1Cl.[K+]. The number of hydrogen-bond acceptors (Lipinski definition) is 2. The minimum Gasteiger partial charge on any atom is -0.504 e. The van der Waals surface area contributed by atoms with Gasteiger partial charge < -0.3 is 9.84 Å². The third-order valence-electron chi connectivity index (χ3n) is 2.03. The molecule has 0 heterocycles. The fourth-order valence-electron chi connectivity index (χ4n) is 1.25. The summed E-state index contributed by atoms with van der Waals surface area (Å²) in [5, 5.41) is 10.9. The topological polar surface area (TPSA) is 29.5 Å². The van der Waals surface area contributed by atoms with Gasteiger partial charge in [-0.1, -0.05) is 34.8 Å². The van der Waals surface area contributed by atoms with E-state index in [0.717, 1.165) is 0 Å². The van der Waals surface area contributed by atoms with Gasteiger partial charge in [-0.3, -0.25) is 0 Å². The molecule has 0 fully saturated rings. The van der Waals surface area contributed by atoms with Gasteiger partial charge >= 0.3 is 51.4 Å². The van der Waals surface area contributed by atoms with Gasteiger partial charge in [-0.25, -0.2) is 0 Å². The molecule has 0 unspecified atom stereocenters. The number of halogens is 3. The average molecular weight is 329 g/mol. The van der Waals surface area contributed by atoms with Gasteiger partial charge in [0.2, 0.25) is 0 Å². The maximum Gasteiger partial charge on any atom is 1.00 e. The zero-order chi connectivity index (χ0) is 12.4. The van der Waals surface area contributed by atoms with Gasteiger partial charge in [0.15, 0.2) is 11.5 Å². The molecule has 0 bridgehead atoms. The molecule has 2 aromatic carbocycles. The van der Waals surface area contributed by atoms with Crippen molar-refractivity contribution in [1.82, 2.24) is 0 Å². The van der Waals surface area contributed by atoms with Crippen LogP contribution in [0.15, 0.2) is 36.4 Å².